The highest BCUT2D eigenvalue weighted by molar-refractivity contribution is 8.18. The molecule has 0 radical (unpaired) electrons. The zero-order valence-corrected chi connectivity index (χ0v) is 16.9. The molecule has 1 aliphatic rings. The number of rotatable bonds is 7. The number of hydrogen-bond acceptors (Lipinski definition) is 5. The first-order chi connectivity index (χ1) is 14.3. The fourth-order valence-corrected chi connectivity index (χ4v) is 3.60. The molecule has 2 aromatic carbocycles. The summed E-state index contributed by atoms with van der Waals surface area (Å²) in [5.41, 5.74) is 0.202. The topological polar surface area (TPSA) is 75.7 Å². The molecule has 3 amide bonds. The number of carbonyl (C=O) groups excluding carboxylic acids is 3. The van der Waals surface area contributed by atoms with Crippen molar-refractivity contribution in [3.63, 3.8) is 0 Å². The van der Waals surface area contributed by atoms with Gasteiger partial charge in [-0.25, -0.2) is 8.78 Å². The van der Waals surface area contributed by atoms with E-state index in [1.807, 2.05) is 0 Å². The quantitative estimate of drug-likeness (QED) is 0.646. The minimum Gasteiger partial charge on any atom is -0.482 e. The summed E-state index contributed by atoms with van der Waals surface area (Å²) < 4.78 is 31.9. The van der Waals surface area contributed by atoms with E-state index in [2.05, 4.69) is 5.32 Å². The van der Waals surface area contributed by atoms with Crippen LogP contribution < -0.4 is 10.1 Å². The Bertz CT molecular complexity index is 1030. The molecule has 0 saturated carbocycles. The van der Waals surface area contributed by atoms with Gasteiger partial charge in [0.15, 0.2) is 6.61 Å². The number of nitrogens with one attached hydrogen (secondary N) is 1. The van der Waals surface area contributed by atoms with E-state index in [0.717, 1.165) is 17.0 Å². The Labute approximate surface area is 179 Å². The van der Waals surface area contributed by atoms with Gasteiger partial charge in [-0.3, -0.25) is 19.3 Å². The largest absolute Gasteiger partial charge is 0.482 e. The third kappa shape index (κ3) is 5.37. The second kappa shape index (κ2) is 9.73. The lowest BCUT2D eigenvalue weighted by molar-refractivity contribution is -0.125. The summed E-state index contributed by atoms with van der Waals surface area (Å²) in [6.07, 6.45) is 1.32. The second-order valence-electron chi connectivity index (χ2n) is 6.07. The molecule has 10 heteroatoms. The van der Waals surface area contributed by atoms with Gasteiger partial charge >= 0.3 is 0 Å². The van der Waals surface area contributed by atoms with Crippen molar-refractivity contribution < 1.29 is 27.9 Å². The number of imide groups is 1. The SMILES string of the molecule is O=C(COc1ccc(F)cc1Cl)NCCN1C(=O)S/C(=C\c2ccccc2F)C1=O. The van der Waals surface area contributed by atoms with Gasteiger partial charge in [-0.15, -0.1) is 0 Å². The van der Waals surface area contributed by atoms with E-state index in [-0.39, 0.29) is 40.9 Å². The van der Waals surface area contributed by atoms with Gasteiger partial charge in [-0.2, -0.15) is 0 Å². The molecule has 0 bridgehead atoms. The van der Waals surface area contributed by atoms with Crippen molar-refractivity contribution in [1.29, 1.82) is 0 Å². The lowest BCUT2D eigenvalue weighted by atomic mass is 10.2. The Morgan fingerprint density at radius 1 is 1.20 bits per heavy atom. The van der Waals surface area contributed by atoms with Gasteiger partial charge in [0.2, 0.25) is 0 Å². The van der Waals surface area contributed by atoms with Crippen LogP contribution in [0.3, 0.4) is 0 Å². The van der Waals surface area contributed by atoms with Gasteiger partial charge in [0.1, 0.15) is 17.4 Å². The van der Waals surface area contributed by atoms with E-state index in [1.54, 1.807) is 6.07 Å². The molecule has 30 heavy (non-hydrogen) atoms. The highest BCUT2D eigenvalue weighted by Gasteiger charge is 2.34. The number of halogens is 3. The first-order valence-corrected chi connectivity index (χ1v) is 9.89. The van der Waals surface area contributed by atoms with Crippen LogP contribution in [-0.2, 0) is 9.59 Å². The Morgan fingerprint density at radius 3 is 2.70 bits per heavy atom. The normalized spacial score (nSPS) is 15.0. The molecule has 1 aliphatic heterocycles. The van der Waals surface area contributed by atoms with Crippen LogP contribution in [0.4, 0.5) is 13.6 Å². The van der Waals surface area contributed by atoms with Crippen LogP contribution in [0.25, 0.3) is 6.08 Å². The molecular weight excluding hydrogens is 438 g/mol. The third-order valence-electron chi connectivity index (χ3n) is 3.98. The summed E-state index contributed by atoms with van der Waals surface area (Å²) in [5.74, 6) is -1.95. The Morgan fingerprint density at radius 2 is 1.97 bits per heavy atom. The second-order valence-corrected chi connectivity index (χ2v) is 7.47. The van der Waals surface area contributed by atoms with E-state index in [1.165, 1.54) is 30.3 Å². The average Bonchev–Trinajstić information content (AvgIpc) is 2.96. The standard InChI is InChI=1S/C20H15ClF2N2O4S/c21-14-10-13(22)5-6-16(14)29-11-18(26)24-7-8-25-19(27)17(30-20(25)28)9-12-3-1-2-4-15(12)23/h1-6,9-10H,7-8,11H2,(H,24,26)/b17-9-. The van der Waals surface area contributed by atoms with Crippen LogP contribution in [0.2, 0.25) is 5.02 Å². The Hall–Kier alpha value is -2.91. The molecule has 1 fully saturated rings. The molecule has 0 aromatic heterocycles. The van der Waals surface area contributed by atoms with Crippen molar-refractivity contribution in [3.8, 4) is 5.75 Å². The lowest BCUT2D eigenvalue weighted by Gasteiger charge is -2.13. The van der Waals surface area contributed by atoms with Crippen LogP contribution in [0.1, 0.15) is 5.56 Å². The fraction of sp³-hybridized carbons (Fsp3) is 0.150. The van der Waals surface area contributed by atoms with E-state index >= 15 is 0 Å². The van der Waals surface area contributed by atoms with Crippen molar-refractivity contribution in [2.75, 3.05) is 19.7 Å². The molecule has 1 saturated heterocycles. The number of hydrogen-bond donors (Lipinski definition) is 1. The van der Waals surface area contributed by atoms with Crippen molar-refractivity contribution in [2.45, 2.75) is 0 Å². The molecule has 1 N–H and O–H groups in total. The van der Waals surface area contributed by atoms with Crippen molar-refractivity contribution in [3.05, 3.63) is 69.6 Å². The Kier molecular flexibility index (Phi) is 7.07. The maximum absolute atomic E-state index is 13.7. The maximum atomic E-state index is 13.7. The van der Waals surface area contributed by atoms with Crippen LogP contribution in [0, 0.1) is 11.6 Å². The highest BCUT2D eigenvalue weighted by Crippen LogP contribution is 2.32. The number of ether oxygens (including phenoxy) is 1. The Balaban J connectivity index is 1.49. The van der Waals surface area contributed by atoms with Gasteiger partial charge in [0.05, 0.1) is 9.93 Å². The molecule has 1 heterocycles. The average molecular weight is 453 g/mol. The van der Waals surface area contributed by atoms with Gasteiger partial charge in [-0.1, -0.05) is 29.8 Å². The fourth-order valence-electron chi connectivity index (χ4n) is 2.52. The van der Waals surface area contributed by atoms with Crippen molar-refractivity contribution >= 4 is 46.5 Å². The van der Waals surface area contributed by atoms with E-state index < -0.39 is 28.7 Å². The van der Waals surface area contributed by atoms with E-state index in [4.69, 9.17) is 16.3 Å². The van der Waals surface area contributed by atoms with Crippen molar-refractivity contribution in [2.24, 2.45) is 0 Å². The molecule has 2 aromatic rings. The summed E-state index contributed by atoms with van der Waals surface area (Å²) in [4.78, 5) is 37.4. The third-order valence-corrected chi connectivity index (χ3v) is 5.18. The number of nitrogens with zero attached hydrogens (tertiary/aromatic N) is 1. The van der Waals surface area contributed by atoms with Crippen LogP contribution >= 0.6 is 23.4 Å². The molecule has 3 rings (SSSR count). The summed E-state index contributed by atoms with van der Waals surface area (Å²) in [6.45, 7) is -0.423. The number of benzene rings is 2. The number of thioether (sulfide) groups is 1. The lowest BCUT2D eigenvalue weighted by Crippen LogP contribution is -2.38. The zero-order valence-electron chi connectivity index (χ0n) is 15.4. The molecule has 0 atom stereocenters. The smallest absolute Gasteiger partial charge is 0.293 e. The van der Waals surface area contributed by atoms with Crippen LogP contribution in [0.5, 0.6) is 5.75 Å². The predicted octanol–water partition coefficient (Wildman–Crippen LogP) is 3.85. The van der Waals surface area contributed by atoms with Gasteiger partial charge < -0.3 is 10.1 Å². The van der Waals surface area contributed by atoms with Gasteiger partial charge in [0, 0.05) is 18.7 Å². The number of carbonyl (C=O) groups is 3. The minimum absolute atomic E-state index is 0.00433. The minimum atomic E-state index is -0.558. The van der Waals surface area contributed by atoms with Crippen LogP contribution in [0.15, 0.2) is 47.4 Å². The van der Waals surface area contributed by atoms with Gasteiger partial charge in [-0.05, 0) is 42.1 Å². The molecule has 6 nitrogen and oxygen atoms in total. The summed E-state index contributed by atoms with van der Waals surface area (Å²) >= 11 is 6.51. The maximum Gasteiger partial charge on any atom is 0.293 e. The first kappa shape index (κ1) is 21.8. The van der Waals surface area contributed by atoms with Crippen LogP contribution in [-0.4, -0.2) is 41.6 Å². The summed E-state index contributed by atoms with van der Waals surface area (Å²) in [5, 5.41) is 2.03. The molecule has 156 valence electrons. The zero-order chi connectivity index (χ0) is 21.7. The highest BCUT2D eigenvalue weighted by atomic mass is 35.5. The first-order valence-electron chi connectivity index (χ1n) is 8.69. The molecule has 0 unspecified atom stereocenters. The molecule has 0 spiro atoms. The summed E-state index contributed by atoms with van der Waals surface area (Å²) in [6, 6.07) is 9.40. The van der Waals surface area contributed by atoms with E-state index in [9.17, 15) is 23.2 Å². The van der Waals surface area contributed by atoms with Gasteiger partial charge in [0.25, 0.3) is 17.1 Å². The number of amides is 3. The molecule has 0 aliphatic carbocycles. The monoisotopic (exact) mass is 452 g/mol. The summed E-state index contributed by atoms with van der Waals surface area (Å²) in [7, 11) is 0. The van der Waals surface area contributed by atoms with E-state index in [0.29, 0.717) is 11.8 Å². The van der Waals surface area contributed by atoms with Crippen molar-refractivity contribution in [1.82, 2.24) is 10.2 Å². The predicted molar refractivity (Wildman–Crippen MR) is 109 cm³/mol. The molecular formula is C20H15ClF2N2O4S.